The first-order valence-electron chi connectivity index (χ1n) is 5.93. The van der Waals surface area contributed by atoms with Crippen molar-refractivity contribution in [2.75, 3.05) is 0 Å². The van der Waals surface area contributed by atoms with E-state index in [0.29, 0.717) is 0 Å². The van der Waals surface area contributed by atoms with E-state index < -0.39 is 21.6 Å². The van der Waals surface area contributed by atoms with Crippen LogP contribution in [0.15, 0.2) is 43.0 Å². The molecule has 1 aromatic carbocycles. The molecule has 0 saturated heterocycles. The zero-order valence-electron chi connectivity index (χ0n) is 10.0. The Kier molecular flexibility index (Phi) is 7.80. The Morgan fingerprint density at radius 1 is 1.24 bits per heavy atom. The van der Waals surface area contributed by atoms with Crippen LogP contribution in [0, 0.1) is 0 Å². The second-order valence-electron chi connectivity index (χ2n) is 3.82. The van der Waals surface area contributed by atoms with Crippen LogP contribution in [-0.2, 0) is 14.3 Å². The third-order valence-electron chi connectivity index (χ3n) is 2.43. The molecule has 0 atom stereocenters. The molecule has 0 amide bonds. The summed E-state index contributed by atoms with van der Waals surface area (Å²) in [5, 5.41) is 0. The molecule has 0 aliphatic carbocycles. The molecule has 2 radical (unpaired) electrons. The third-order valence-corrected chi connectivity index (χ3v) is 5.00. The summed E-state index contributed by atoms with van der Waals surface area (Å²) in [6, 6.07) is 10.5. The summed E-state index contributed by atoms with van der Waals surface area (Å²) >= 11 is -0.921. The van der Waals surface area contributed by atoms with Crippen molar-refractivity contribution < 1.29 is 7.87 Å². The molecule has 2 nitrogen and oxygen atoms in total. The van der Waals surface area contributed by atoms with Crippen molar-refractivity contribution in [3.63, 3.8) is 0 Å². The number of carbonyl (C=O) groups is 1. The van der Waals surface area contributed by atoms with Crippen molar-refractivity contribution >= 4 is 27.5 Å². The summed E-state index contributed by atoms with van der Waals surface area (Å²) in [6.45, 7) is 3.38. The number of rotatable bonds is 8. The van der Waals surface area contributed by atoms with Gasteiger partial charge in [-0.15, -0.1) is 0 Å². The molecule has 0 aromatic heterocycles. The monoisotopic (exact) mass is 338 g/mol. The molecule has 0 saturated carbocycles. The van der Waals surface area contributed by atoms with E-state index in [1.165, 1.54) is 30.9 Å². The van der Waals surface area contributed by atoms with Gasteiger partial charge in [-0.2, -0.15) is 0 Å². The molecule has 0 bridgehead atoms. The van der Waals surface area contributed by atoms with Gasteiger partial charge in [-0.3, -0.25) is 0 Å². The molecule has 90 valence electrons. The summed E-state index contributed by atoms with van der Waals surface area (Å²) in [4.78, 5) is 10.8. The maximum atomic E-state index is 10.8. The van der Waals surface area contributed by atoms with E-state index in [4.69, 9.17) is 3.07 Å². The van der Waals surface area contributed by atoms with Gasteiger partial charge >= 0.3 is 114 Å². The van der Waals surface area contributed by atoms with Gasteiger partial charge in [0.1, 0.15) is 0 Å². The van der Waals surface area contributed by atoms with Crippen LogP contribution in [0.1, 0.15) is 24.8 Å². The molecule has 3 heteroatoms. The van der Waals surface area contributed by atoms with Gasteiger partial charge in [0.2, 0.25) is 0 Å². The predicted octanol–water partition coefficient (Wildman–Crippen LogP) is 3.17. The van der Waals surface area contributed by atoms with Gasteiger partial charge in [-0.05, 0) is 0 Å². The van der Waals surface area contributed by atoms with Crippen LogP contribution in [0.25, 0.3) is 0 Å². The zero-order chi connectivity index (χ0) is 12.3. The molecule has 17 heavy (non-hydrogen) atoms. The van der Waals surface area contributed by atoms with E-state index in [0.717, 1.165) is 10.9 Å². The Hall–Kier alpha value is -0.771. The van der Waals surface area contributed by atoms with Gasteiger partial charge < -0.3 is 0 Å². The molecule has 0 fully saturated rings. The molecule has 1 rings (SSSR count). The molecule has 0 heterocycles. The quantitative estimate of drug-likeness (QED) is 0.414. The SMILES string of the molecule is C=CC(=O)[O][Sn][CH2]CCCCc1ccccc1. The topological polar surface area (TPSA) is 26.3 Å². The van der Waals surface area contributed by atoms with Gasteiger partial charge in [-0.25, -0.2) is 0 Å². The number of benzene rings is 1. The van der Waals surface area contributed by atoms with E-state index in [9.17, 15) is 4.79 Å². The van der Waals surface area contributed by atoms with E-state index in [1.54, 1.807) is 0 Å². The second-order valence-corrected chi connectivity index (χ2v) is 6.65. The van der Waals surface area contributed by atoms with Crippen LogP contribution in [0.4, 0.5) is 0 Å². The summed E-state index contributed by atoms with van der Waals surface area (Å²) in [5.41, 5.74) is 1.41. The minimum atomic E-state index is -0.921. The van der Waals surface area contributed by atoms with E-state index in [1.807, 2.05) is 6.07 Å². The first-order chi connectivity index (χ1) is 8.33. The standard InChI is InChI=1S/C11H15.C3H4O2.Sn/c1-2-3-5-8-11-9-6-4-7-10-11;1-2-3(4)5;/h4,6-7,9-10H,1-3,5,8H2;2H,1H2,(H,4,5);/q;;+1/p-1. The Morgan fingerprint density at radius 3 is 2.71 bits per heavy atom. The molecule has 0 aliphatic rings. The number of aryl methyl sites for hydroxylation is 1. The van der Waals surface area contributed by atoms with Crippen molar-refractivity contribution in [2.45, 2.75) is 30.1 Å². The van der Waals surface area contributed by atoms with Gasteiger partial charge in [0.25, 0.3) is 0 Å². The fourth-order valence-corrected chi connectivity index (χ4v) is 3.57. The summed E-state index contributed by atoms with van der Waals surface area (Å²) in [7, 11) is 0. The van der Waals surface area contributed by atoms with Gasteiger partial charge in [0.05, 0.1) is 0 Å². The molecule has 0 spiro atoms. The molecule has 0 unspecified atom stereocenters. The van der Waals surface area contributed by atoms with Crippen molar-refractivity contribution in [1.82, 2.24) is 0 Å². The number of hydrogen-bond donors (Lipinski definition) is 0. The number of hydrogen-bond acceptors (Lipinski definition) is 2. The average Bonchev–Trinajstić information content (AvgIpc) is 2.38. The first-order valence-corrected chi connectivity index (χ1v) is 9.11. The maximum absolute atomic E-state index is 10.8. The molecular formula is C14H18O2Sn. The molecular weight excluding hydrogens is 319 g/mol. The third kappa shape index (κ3) is 7.21. The molecule has 0 N–H and O–H groups in total. The van der Waals surface area contributed by atoms with E-state index in [-0.39, 0.29) is 5.97 Å². The van der Waals surface area contributed by atoms with Crippen molar-refractivity contribution in [3.05, 3.63) is 48.6 Å². The summed E-state index contributed by atoms with van der Waals surface area (Å²) < 4.78 is 6.18. The number of unbranched alkanes of at least 4 members (excludes halogenated alkanes) is 2. The van der Waals surface area contributed by atoms with Crippen LogP contribution >= 0.6 is 0 Å². The normalized spacial score (nSPS) is 9.88. The van der Waals surface area contributed by atoms with Crippen LogP contribution in [0.3, 0.4) is 0 Å². The Bertz CT molecular complexity index is 335. The van der Waals surface area contributed by atoms with Gasteiger partial charge in [-0.1, -0.05) is 0 Å². The Morgan fingerprint density at radius 2 is 2.00 bits per heavy atom. The first kappa shape index (κ1) is 14.3. The molecule has 0 aliphatic heterocycles. The van der Waals surface area contributed by atoms with E-state index >= 15 is 0 Å². The summed E-state index contributed by atoms with van der Waals surface area (Å²) in [5.74, 6) is -0.249. The predicted molar refractivity (Wildman–Crippen MR) is 70.8 cm³/mol. The minimum absolute atomic E-state index is 0.249. The van der Waals surface area contributed by atoms with Crippen LogP contribution in [0.2, 0.25) is 4.44 Å². The fraction of sp³-hybridized carbons (Fsp3) is 0.357. The van der Waals surface area contributed by atoms with Crippen LogP contribution in [0.5, 0.6) is 0 Å². The van der Waals surface area contributed by atoms with Gasteiger partial charge in [0.15, 0.2) is 0 Å². The van der Waals surface area contributed by atoms with E-state index in [2.05, 4.69) is 30.8 Å². The Balaban J connectivity index is 1.95. The van der Waals surface area contributed by atoms with Crippen molar-refractivity contribution in [1.29, 1.82) is 0 Å². The molecule has 1 aromatic rings. The summed E-state index contributed by atoms with van der Waals surface area (Å²) in [6.07, 6.45) is 6.03. The van der Waals surface area contributed by atoms with Crippen molar-refractivity contribution in [2.24, 2.45) is 0 Å². The van der Waals surface area contributed by atoms with Gasteiger partial charge in [0, 0.05) is 0 Å². The fourth-order valence-electron chi connectivity index (χ4n) is 1.51. The zero-order valence-corrected chi connectivity index (χ0v) is 12.9. The number of carbonyl (C=O) groups excluding carboxylic acids is 1. The van der Waals surface area contributed by atoms with Crippen LogP contribution in [-0.4, -0.2) is 27.5 Å². The average molecular weight is 337 g/mol. The van der Waals surface area contributed by atoms with Crippen molar-refractivity contribution in [3.8, 4) is 0 Å². The second kappa shape index (κ2) is 9.28. The Labute approximate surface area is 114 Å². The van der Waals surface area contributed by atoms with Crippen LogP contribution < -0.4 is 0 Å².